The largest absolute Gasteiger partial charge is 0.453 e. The zero-order valence-corrected chi connectivity index (χ0v) is 31.0. The highest BCUT2D eigenvalue weighted by molar-refractivity contribution is 5.87. The molecule has 0 aliphatic heterocycles. The van der Waals surface area contributed by atoms with Crippen molar-refractivity contribution in [3.8, 4) is 11.3 Å². The molecule has 14 heteroatoms. The van der Waals surface area contributed by atoms with Crippen LogP contribution in [0, 0.1) is 16.6 Å². The third-order valence-corrected chi connectivity index (χ3v) is 8.28. The molecule has 0 bridgehead atoms. The van der Waals surface area contributed by atoms with E-state index in [-0.39, 0.29) is 19.5 Å². The molecule has 0 spiro atoms. The number of aliphatic hydroxyl groups excluding tert-OH is 1. The number of aromatic nitrogens is 1. The zero-order chi connectivity index (χ0) is 38.6. The molecular weight excluding hydrogens is 671 g/mol. The number of amides is 4. The number of hydrogen-bond acceptors (Lipinski definition) is 9. The highest BCUT2D eigenvalue weighted by atomic mass is 19.1. The first kappa shape index (κ1) is 41.3. The number of nitrogens with zero attached hydrogens (tertiary/aromatic N) is 2. The van der Waals surface area contributed by atoms with Gasteiger partial charge >= 0.3 is 12.2 Å². The third kappa shape index (κ3) is 12.6. The number of methoxy groups -OCH3 is 2. The Bertz CT molecular complexity index is 1630. The molecule has 4 unspecified atom stereocenters. The number of ether oxygens (including phenoxy) is 2. The van der Waals surface area contributed by atoms with Gasteiger partial charge in [0, 0.05) is 24.8 Å². The lowest BCUT2D eigenvalue weighted by Gasteiger charge is -2.35. The van der Waals surface area contributed by atoms with E-state index in [9.17, 15) is 28.7 Å². The van der Waals surface area contributed by atoms with Crippen LogP contribution in [0.2, 0.25) is 0 Å². The average molecular weight is 723 g/mol. The van der Waals surface area contributed by atoms with Crippen LogP contribution in [0.1, 0.15) is 52.7 Å². The molecule has 1 heterocycles. The van der Waals surface area contributed by atoms with E-state index in [0.29, 0.717) is 5.56 Å². The number of hydrazine groups is 1. The number of aliphatic hydroxyl groups is 1. The molecule has 0 fully saturated rings. The Morgan fingerprint density at radius 2 is 1.31 bits per heavy atom. The van der Waals surface area contributed by atoms with Crippen molar-refractivity contribution in [1.82, 2.24) is 31.4 Å². The van der Waals surface area contributed by atoms with Crippen molar-refractivity contribution in [2.75, 3.05) is 20.8 Å². The van der Waals surface area contributed by atoms with Gasteiger partial charge in [0.15, 0.2) is 0 Å². The summed E-state index contributed by atoms with van der Waals surface area (Å²) in [7, 11) is 2.39. The first-order valence-electron chi connectivity index (χ1n) is 16.9. The highest BCUT2D eigenvalue weighted by Crippen LogP contribution is 2.23. The van der Waals surface area contributed by atoms with Crippen LogP contribution in [0.4, 0.5) is 14.0 Å². The lowest BCUT2D eigenvalue weighted by Crippen LogP contribution is -2.60. The fraction of sp³-hybridized carbons (Fsp3) is 0.447. The first-order chi connectivity index (χ1) is 24.4. The average Bonchev–Trinajstić information content (AvgIpc) is 3.09. The fourth-order valence-corrected chi connectivity index (χ4v) is 5.39. The molecule has 0 aliphatic rings. The van der Waals surface area contributed by atoms with E-state index >= 15 is 0 Å². The number of benzene rings is 2. The third-order valence-electron chi connectivity index (χ3n) is 8.28. The summed E-state index contributed by atoms with van der Waals surface area (Å²) in [4.78, 5) is 56.3. The van der Waals surface area contributed by atoms with E-state index in [1.807, 2.05) is 42.5 Å². The van der Waals surface area contributed by atoms with Crippen LogP contribution in [-0.4, -0.2) is 84.1 Å². The topological polar surface area (TPSA) is 171 Å². The van der Waals surface area contributed by atoms with Crippen LogP contribution < -0.4 is 21.4 Å². The molecule has 0 saturated carbocycles. The Kier molecular flexibility index (Phi) is 14.6. The zero-order valence-electron chi connectivity index (χ0n) is 31.0. The molecule has 5 N–H and O–H groups in total. The summed E-state index contributed by atoms with van der Waals surface area (Å²) in [5.74, 6) is -1.60. The van der Waals surface area contributed by atoms with E-state index in [1.54, 1.807) is 59.9 Å². The van der Waals surface area contributed by atoms with Crippen molar-refractivity contribution in [1.29, 1.82) is 0 Å². The summed E-state index contributed by atoms with van der Waals surface area (Å²) in [5.41, 5.74) is 4.43. The van der Waals surface area contributed by atoms with Gasteiger partial charge in [-0.2, -0.15) is 0 Å². The van der Waals surface area contributed by atoms with Gasteiger partial charge in [-0.3, -0.25) is 20.0 Å². The number of carbonyl (C=O) groups is 4. The lowest BCUT2D eigenvalue weighted by molar-refractivity contribution is -0.132. The van der Waals surface area contributed by atoms with Gasteiger partial charge in [-0.25, -0.2) is 19.0 Å². The molecule has 13 nitrogen and oxygen atoms in total. The van der Waals surface area contributed by atoms with Crippen molar-refractivity contribution in [2.24, 2.45) is 10.8 Å². The Morgan fingerprint density at radius 1 is 0.769 bits per heavy atom. The maximum Gasteiger partial charge on any atom is 0.407 e. The second-order valence-electron chi connectivity index (χ2n) is 14.7. The maximum atomic E-state index is 13.8. The Balaban J connectivity index is 1.97. The molecule has 4 amide bonds. The standard InChI is InChI=1S/C38H51FN6O7/c1-37(2,3)31(42-35(49)51-7)33(47)41-29(21-24-14-18-27(39)19-15-24)30(46)23-45(44-34(48)32(38(4,5)6)43-36(50)52-8)22-25-12-16-26(17-13-25)28-11-9-10-20-40-28/h9-20,29-32,46H,21-23H2,1-8H3,(H,41,47)(H,42,49)(H,43,50)(H,44,48). The van der Waals surface area contributed by atoms with E-state index in [1.165, 1.54) is 31.4 Å². The van der Waals surface area contributed by atoms with E-state index in [4.69, 9.17) is 9.47 Å². The van der Waals surface area contributed by atoms with Crippen molar-refractivity contribution in [3.63, 3.8) is 0 Å². The number of carbonyl (C=O) groups excluding carboxylic acids is 4. The molecule has 0 radical (unpaired) electrons. The summed E-state index contributed by atoms with van der Waals surface area (Å²) >= 11 is 0. The number of rotatable bonds is 14. The molecule has 1 aromatic heterocycles. The van der Waals surface area contributed by atoms with Crippen molar-refractivity contribution < 1.29 is 38.1 Å². The van der Waals surface area contributed by atoms with Gasteiger partial charge in [-0.1, -0.05) is 84.0 Å². The number of alkyl carbamates (subject to hydrolysis) is 2. The fourth-order valence-electron chi connectivity index (χ4n) is 5.39. The van der Waals surface area contributed by atoms with Gasteiger partial charge in [0.05, 0.1) is 32.1 Å². The molecule has 4 atom stereocenters. The number of halogens is 1. The van der Waals surface area contributed by atoms with E-state index < -0.39 is 64.9 Å². The summed E-state index contributed by atoms with van der Waals surface area (Å²) in [5, 5.41) is 21.4. The van der Waals surface area contributed by atoms with Crippen LogP contribution in [0.25, 0.3) is 11.3 Å². The minimum atomic E-state index is -1.32. The first-order valence-corrected chi connectivity index (χ1v) is 16.9. The van der Waals surface area contributed by atoms with Crippen LogP contribution >= 0.6 is 0 Å². The van der Waals surface area contributed by atoms with Gasteiger partial charge in [-0.15, -0.1) is 0 Å². The number of hydrogen-bond donors (Lipinski definition) is 5. The summed E-state index contributed by atoms with van der Waals surface area (Å²) < 4.78 is 23.3. The van der Waals surface area contributed by atoms with Crippen molar-refractivity contribution in [2.45, 2.75) is 78.7 Å². The van der Waals surface area contributed by atoms with Gasteiger partial charge < -0.3 is 30.5 Å². The molecule has 2 aromatic carbocycles. The van der Waals surface area contributed by atoms with Crippen LogP contribution in [0.5, 0.6) is 0 Å². The van der Waals surface area contributed by atoms with Gasteiger partial charge in [-0.05, 0) is 52.6 Å². The normalized spacial score (nSPS) is 14.0. The van der Waals surface area contributed by atoms with Crippen LogP contribution in [0.15, 0.2) is 72.9 Å². The highest BCUT2D eigenvalue weighted by Gasteiger charge is 2.37. The second kappa shape index (κ2) is 18.4. The maximum absolute atomic E-state index is 13.8. The second-order valence-corrected chi connectivity index (χ2v) is 14.7. The Hall–Kier alpha value is -5.08. The minimum absolute atomic E-state index is 0.0807. The number of pyridine rings is 1. The summed E-state index contributed by atoms with van der Waals surface area (Å²) in [6, 6.07) is 15.7. The van der Waals surface area contributed by atoms with E-state index in [2.05, 4.69) is 26.4 Å². The number of nitrogens with one attached hydrogen (secondary N) is 4. The summed E-state index contributed by atoms with van der Waals surface area (Å²) in [6.07, 6.45) is -1.13. The Morgan fingerprint density at radius 3 is 1.81 bits per heavy atom. The van der Waals surface area contributed by atoms with Gasteiger partial charge in [0.1, 0.15) is 17.9 Å². The smallest absolute Gasteiger partial charge is 0.407 e. The van der Waals surface area contributed by atoms with Crippen LogP contribution in [0.3, 0.4) is 0 Å². The van der Waals surface area contributed by atoms with Gasteiger partial charge in [0.2, 0.25) is 5.91 Å². The molecule has 3 rings (SSSR count). The summed E-state index contributed by atoms with van der Waals surface area (Å²) in [6.45, 7) is 10.6. The molecule has 3 aromatic rings. The predicted octanol–water partition coefficient (Wildman–Crippen LogP) is 4.35. The van der Waals surface area contributed by atoms with Gasteiger partial charge in [0.25, 0.3) is 5.91 Å². The molecule has 282 valence electrons. The predicted molar refractivity (Wildman–Crippen MR) is 194 cm³/mol. The molecular formula is C38H51FN6O7. The molecule has 52 heavy (non-hydrogen) atoms. The molecule has 0 aliphatic carbocycles. The van der Waals surface area contributed by atoms with Crippen molar-refractivity contribution >= 4 is 24.0 Å². The van der Waals surface area contributed by atoms with Crippen LogP contribution in [-0.2, 0) is 32.0 Å². The van der Waals surface area contributed by atoms with Crippen molar-refractivity contribution in [3.05, 3.63) is 89.9 Å². The quantitative estimate of drug-likeness (QED) is 0.152. The minimum Gasteiger partial charge on any atom is -0.453 e. The lowest BCUT2D eigenvalue weighted by atomic mass is 9.85. The monoisotopic (exact) mass is 722 g/mol. The Labute approximate surface area is 304 Å². The van der Waals surface area contributed by atoms with E-state index in [0.717, 1.165) is 16.8 Å². The molecule has 0 saturated heterocycles. The SMILES string of the molecule is COC(=O)NC(C(=O)NC(Cc1ccc(F)cc1)C(O)CN(Cc1ccc(-c2ccccn2)cc1)NC(=O)C(NC(=O)OC)C(C)(C)C)C(C)(C)C.